The second-order valence-electron chi connectivity index (χ2n) is 9.30. The molecule has 0 saturated carbocycles. The molecule has 0 saturated heterocycles. The Bertz CT molecular complexity index is 1250. The molecule has 9 heteroatoms. The topological polar surface area (TPSA) is 155 Å². The van der Waals surface area contributed by atoms with Gasteiger partial charge in [0.05, 0.1) is 26.2 Å². The summed E-state index contributed by atoms with van der Waals surface area (Å²) >= 11 is 0. The molecule has 38 heavy (non-hydrogen) atoms. The van der Waals surface area contributed by atoms with Gasteiger partial charge in [-0.1, -0.05) is 13.0 Å². The maximum atomic E-state index is 13.7. The average Bonchev–Trinajstić information content (AvgIpc) is 2.91. The number of phenolic OH excluding ortho intramolecular Hbond substituents is 3. The number of ketones is 1. The number of aliphatic hydroxyl groups excluding tert-OH is 1. The fourth-order valence-electron chi connectivity index (χ4n) is 4.85. The molecule has 0 aliphatic rings. The predicted molar refractivity (Wildman–Crippen MR) is 144 cm³/mol. The first-order chi connectivity index (χ1) is 18.2. The van der Waals surface area contributed by atoms with E-state index in [0.717, 1.165) is 11.1 Å². The van der Waals surface area contributed by atoms with E-state index < -0.39 is 12.0 Å². The summed E-state index contributed by atoms with van der Waals surface area (Å²) in [6.45, 7) is 1.96. The maximum absolute atomic E-state index is 13.7. The van der Waals surface area contributed by atoms with Gasteiger partial charge in [0.2, 0.25) is 5.75 Å². The first-order valence-electron chi connectivity index (χ1n) is 12.5. The van der Waals surface area contributed by atoms with Crippen molar-refractivity contribution in [1.29, 1.82) is 0 Å². The minimum Gasteiger partial charge on any atom is -0.504 e. The molecular weight excluding hydrogens is 488 g/mol. The van der Waals surface area contributed by atoms with Gasteiger partial charge in [0.25, 0.3) is 0 Å². The van der Waals surface area contributed by atoms with Crippen molar-refractivity contribution in [2.45, 2.75) is 51.0 Å². The van der Waals surface area contributed by atoms with Gasteiger partial charge in [-0.25, -0.2) is 4.98 Å². The van der Waals surface area contributed by atoms with Crippen molar-refractivity contribution < 1.29 is 34.7 Å². The molecule has 204 valence electrons. The molecule has 0 unspecified atom stereocenters. The number of aliphatic hydroxyl groups is 1. The third kappa shape index (κ3) is 6.86. The number of ether oxygens (including phenoxy) is 2. The third-order valence-electron chi connectivity index (χ3n) is 6.86. The van der Waals surface area contributed by atoms with Crippen LogP contribution in [-0.4, -0.2) is 51.5 Å². The molecule has 3 aromatic rings. The van der Waals surface area contributed by atoms with Crippen LogP contribution in [0.4, 0.5) is 5.82 Å². The number of anilines is 1. The summed E-state index contributed by atoms with van der Waals surface area (Å²) in [5, 5.41) is 41.2. The van der Waals surface area contributed by atoms with Crippen molar-refractivity contribution in [3.8, 4) is 28.7 Å². The number of carbonyl (C=O) groups is 1. The quantitative estimate of drug-likeness (QED) is 0.208. The lowest BCUT2D eigenvalue weighted by atomic mass is 9.76. The van der Waals surface area contributed by atoms with Gasteiger partial charge in [0.1, 0.15) is 11.6 Å². The second-order valence-corrected chi connectivity index (χ2v) is 9.30. The van der Waals surface area contributed by atoms with Gasteiger partial charge in [0, 0.05) is 12.6 Å². The number of benzene rings is 2. The molecule has 2 aromatic carbocycles. The van der Waals surface area contributed by atoms with Crippen LogP contribution in [0.1, 0.15) is 48.8 Å². The van der Waals surface area contributed by atoms with Gasteiger partial charge in [-0.2, -0.15) is 0 Å². The molecule has 3 atom stereocenters. The van der Waals surface area contributed by atoms with E-state index in [1.165, 1.54) is 20.3 Å². The summed E-state index contributed by atoms with van der Waals surface area (Å²) in [5.74, 6) is -0.993. The zero-order valence-electron chi connectivity index (χ0n) is 21.9. The molecule has 3 rings (SSSR count). The van der Waals surface area contributed by atoms with Gasteiger partial charge < -0.3 is 35.6 Å². The number of carbonyl (C=O) groups excluding carboxylic acids is 1. The summed E-state index contributed by atoms with van der Waals surface area (Å²) in [4.78, 5) is 17.7. The molecular formula is C29H36N2O7. The smallest absolute Gasteiger partial charge is 0.200 e. The molecule has 0 aliphatic carbocycles. The maximum Gasteiger partial charge on any atom is 0.200 e. The first-order valence-corrected chi connectivity index (χ1v) is 12.5. The Kier molecular flexibility index (Phi) is 9.78. The van der Waals surface area contributed by atoms with Gasteiger partial charge >= 0.3 is 0 Å². The Balaban J connectivity index is 1.84. The van der Waals surface area contributed by atoms with Crippen molar-refractivity contribution in [2.75, 3.05) is 20.0 Å². The number of rotatable bonds is 13. The number of pyridine rings is 1. The molecule has 0 spiro atoms. The molecule has 0 bridgehead atoms. The van der Waals surface area contributed by atoms with Gasteiger partial charge in [-0.15, -0.1) is 0 Å². The molecule has 1 heterocycles. The van der Waals surface area contributed by atoms with E-state index in [0.29, 0.717) is 36.4 Å². The number of aromatic nitrogens is 1. The SMILES string of the molecule is CC[C@@H](c1ccnc(N)c1)[C@H](C(=O)CCc1cc(O)c(O)c(OC)c1)[C@H](O)CCc1ccc(O)c(OC)c1. The summed E-state index contributed by atoms with van der Waals surface area (Å²) in [5.41, 5.74) is 8.23. The number of hydrogen-bond donors (Lipinski definition) is 5. The number of hydrogen-bond acceptors (Lipinski definition) is 9. The number of nitrogens with zero attached hydrogens (tertiary/aromatic N) is 1. The monoisotopic (exact) mass is 524 g/mol. The number of nitrogen functional groups attached to an aromatic ring is 1. The Morgan fingerprint density at radius 1 is 0.947 bits per heavy atom. The number of nitrogens with two attached hydrogens (primary N) is 1. The Morgan fingerprint density at radius 3 is 2.32 bits per heavy atom. The third-order valence-corrected chi connectivity index (χ3v) is 6.86. The van der Waals surface area contributed by atoms with E-state index in [4.69, 9.17) is 15.2 Å². The number of phenols is 3. The van der Waals surface area contributed by atoms with Crippen LogP contribution < -0.4 is 15.2 Å². The van der Waals surface area contributed by atoms with E-state index in [2.05, 4.69) is 4.98 Å². The van der Waals surface area contributed by atoms with Crippen molar-refractivity contribution in [2.24, 2.45) is 5.92 Å². The fourth-order valence-corrected chi connectivity index (χ4v) is 4.85. The highest BCUT2D eigenvalue weighted by Crippen LogP contribution is 2.38. The Morgan fingerprint density at radius 2 is 1.66 bits per heavy atom. The highest BCUT2D eigenvalue weighted by atomic mass is 16.5. The standard InChI is InChI=1S/C29H36N2O7/c1-4-20(19-11-12-31-27(30)16-19)28(22(33)9-6-17-5-8-21(32)25(14-17)37-2)23(34)10-7-18-13-24(35)29(36)26(15-18)38-3/h5,8,11-16,20,22,28,32-33,35-36H,4,6-7,9-10H2,1-3H3,(H2,30,31)/t20-,22+,28-/m0/s1. The summed E-state index contributed by atoms with van der Waals surface area (Å²) in [6.07, 6.45) is 2.42. The lowest BCUT2D eigenvalue weighted by molar-refractivity contribution is -0.127. The normalized spacial score (nSPS) is 13.5. The molecule has 0 amide bonds. The van der Waals surface area contributed by atoms with E-state index in [9.17, 15) is 25.2 Å². The van der Waals surface area contributed by atoms with Crippen molar-refractivity contribution in [3.05, 3.63) is 65.4 Å². The minimum atomic E-state index is -0.954. The van der Waals surface area contributed by atoms with Crippen molar-refractivity contribution >= 4 is 11.6 Å². The van der Waals surface area contributed by atoms with Crippen LogP contribution in [0, 0.1) is 5.92 Å². The van der Waals surface area contributed by atoms with Crippen LogP contribution >= 0.6 is 0 Å². The molecule has 0 aliphatic heterocycles. The molecule has 1 aromatic heterocycles. The first kappa shape index (κ1) is 28.6. The van der Waals surface area contributed by atoms with Gasteiger partial charge in [-0.3, -0.25) is 4.79 Å². The lowest BCUT2D eigenvalue weighted by Gasteiger charge is -2.30. The molecule has 0 fully saturated rings. The van der Waals surface area contributed by atoms with Crippen molar-refractivity contribution in [1.82, 2.24) is 4.98 Å². The molecule has 6 N–H and O–H groups in total. The van der Waals surface area contributed by atoms with Crippen LogP contribution in [0.5, 0.6) is 28.7 Å². The van der Waals surface area contributed by atoms with Crippen molar-refractivity contribution in [3.63, 3.8) is 0 Å². The van der Waals surface area contributed by atoms with E-state index in [1.54, 1.807) is 36.5 Å². The number of methoxy groups -OCH3 is 2. The van der Waals surface area contributed by atoms with E-state index >= 15 is 0 Å². The lowest BCUT2D eigenvalue weighted by Crippen LogP contribution is -2.34. The zero-order valence-corrected chi connectivity index (χ0v) is 21.9. The van der Waals surface area contributed by atoms with Gasteiger partial charge in [0.15, 0.2) is 23.0 Å². The van der Waals surface area contributed by atoms with Gasteiger partial charge in [-0.05, 0) is 84.7 Å². The Hall–Kier alpha value is -3.98. The Labute approximate surface area is 222 Å². The van der Waals surface area contributed by atoms with Crippen LogP contribution in [0.25, 0.3) is 0 Å². The fraction of sp³-hybridized carbons (Fsp3) is 0.379. The minimum absolute atomic E-state index is 0.0306. The summed E-state index contributed by atoms with van der Waals surface area (Å²) in [7, 11) is 2.85. The summed E-state index contributed by atoms with van der Waals surface area (Å²) in [6, 6.07) is 11.5. The van der Waals surface area contributed by atoms with Crippen LogP contribution in [0.3, 0.4) is 0 Å². The number of aromatic hydroxyl groups is 3. The number of Topliss-reactive ketones (excluding diaryl/α,β-unsaturated/α-hetero) is 1. The van der Waals surface area contributed by atoms with Crippen LogP contribution in [-0.2, 0) is 17.6 Å². The highest BCUT2D eigenvalue weighted by Gasteiger charge is 2.34. The average molecular weight is 525 g/mol. The van der Waals surface area contributed by atoms with E-state index in [1.807, 2.05) is 13.0 Å². The zero-order chi connectivity index (χ0) is 27.8. The number of aryl methyl sites for hydroxylation is 2. The largest absolute Gasteiger partial charge is 0.504 e. The van der Waals surface area contributed by atoms with Crippen LogP contribution in [0.15, 0.2) is 48.7 Å². The molecule has 9 nitrogen and oxygen atoms in total. The highest BCUT2D eigenvalue weighted by molar-refractivity contribution is 5.83. The summed E-state index contributed by atoms with van der Waals surface area (Å²) < 4.78 is 10.3. The molecule has 0 radical (unpaired) electrons. The predicted octanol–water partition coefficient (Wildman–Crippen LogP) is 4.10. The van der Waals surface area contributed by atoms with E-state index in [-0.39, 0.29) is 47.5 Å². The second kappa shape index (κ2) is 13.0. The van der Waals surface area contributed by atoms with Crippen LogP contribution in [0.2, 0.25) is 0 Å².